The quantitative estimate of drug-likeness (QED) is 0.680. The fourth-order valence-electron chi connectivity index (χ4n) is 2.07. The Kier molecular flexibility index (Phi) is 3.88. The van der Waals surface area contributed by atoms with E-state index in [2.05, 4.69) is 15.0 Å². The van der Waals surface area contributed by atoms with Crippen LogP contribution in [0.5, 0.6) is 0 Å². The number of hydrogen-bond acceptors (Lipinski definition) is 8. The molecule has 0 atom stereocenters. The third-order valence-electron chi connectivity index (χ3n) is 3.34. The zero-order chi connectivity index (χ0) is 17.5. The Labute approximate surface area is 138 Å². The van der Waals surface area contributed by atoms with Gasteiger partial charge < -0.3 is 4.42 Å². The molecule has 0 aliphatic rings. The van der Waals surface area contributed by atoms with Gasteiger partial charge in [-0.2, -0.15) is 0 Å². The van der Waals surface area contributed by atoms with Crippen molar-refractivity contribution in [3.05, 3.63) is 30.6 Å². The summed E-state index contributed by atoms with van der Waals surface area (Å²) in [6, 6.07) is 4.25. The van der Waals surface area contributed by atoms with Crippen LogP contribution in [0.3, 0.4) is 0 Å². The van der Waals surface area contributed by atoms with Crippen LogP contribution in [0.25, 0.3) is 22.8 Å². The average molecular weight is 367 g/mol. The molecule has 10 heteroatoms. The molecule has 3 aromatic heterocycles. The zero-order valence-corrected chi connectivity index (χ0v) is 14.4. The van der Waals surface area contributed by atoms with Crippen molar-refractivity contribution in [1.82, 2.24) is 15.0 Å². The van der Waals surface area contributed by atoms with Crippen LogP contribution in [0.1, 0.15) is 6.92 Å². The van der Waals surface area contributed by atoms with Gasteiger partial charge >= 0.3 is 0 Å². The molecular weight excluding hydrogens is 354 g/mol. The summed E-state index contributed by atoms with van der Waals surface area (Å²) in [6.07, 6.45) is 3.64. The van der Waals surface area contributed by atoms with Crippen molar-refractivity contribution in [1.29, 1.82) is 0 Å². The second-order valence-corrected chi connectivity index (χ2v) is 9.30. The van der Waals surface area contributed by atoms with E-state index >= 15 is 0 Å². The van der Waals surface area contributed by atoms with E-state index in [0.717, 1.165) is 12.5 Å². The second-order valence-electron chi connectivity index (χ2n) is 5.04. The SMILES string of the molecule is CCS(=O)(=O)c1cccnc1-c1nc2cc(S(C)(=O)=O)cnc2o1. The molecule has 0 aliphatic heterocycles. The van der Waals surface area contributed by atoms with Gasteiger partial charge in [-0.1, -0.05) is 6.92 Å². The summed E-state index contributed by atoms with van der Waals surface area (Å²) in [5, 5.41) is 0. The maximum atomic E-state index is 12.2. The van der Waals surface area contributed by atoms with E-state index in [4.69, 9.17) is 4.42 Å². The predicted octanol–water partition coefficient (Wildman–Crippen LogP) is 1.48. The van der Waals surface area contributed by atoms with Crippen LogP contribution in [0.2, 0.25) is 0 Å². The van der Waals surface area contributed by atoms with Crippen LogP contribution >= 0.6 is 0 Å². The number of aromatic nitrogens is 3. The first-order valence-electron chi connectivity index (χ1n) is 6.87. The molecule has 0 unspecified atom stereocenters. The fourth-order valence-corrected chi connectivity index (χ4v) is 3.67. The van der Waals surface area contributed by atoms with Gasteiger partial charge in [-0.05, 0) is 18.2 Å². The van der Waals surface area contributed by atoms with E-state index in [1.165, 1.54) is 31.3 Å². The highest BCUT2D eigenvalue weighted by Gasteiger charge is 2.23. The van der Waals surface area contributed by atoms with Crippen LogP contribution in [-0.4, -0.2) is 43.8 Å². The lowest BCUT2D eigenvalue weighted by molar-refractivity contribution is 0.588. The monoisotopic (exact) mass is 367 g/mol. The summed E-state index contributed by atoms with van der Waals surface area (Å²) in [5.74, 6) is -0.127. The molecule has 0 N–H and O–H groups in total. The standard InChI is InChI=1S/C14H13N3O5S2/c1-3-24(20,21)11-5-4-6-15-12(11)14-17-10-7-9(23(2,18)19)8-16-13(10)22-14/h4-8H,3H2,1-2H3. The summed E-state index contributed by atoms with van der Waals surface area (Å²) in [4.78, 5) is 12.1. The Morgan fingerprint density at radius 3 is 2.58 bits per heavy atom. The van der Waals surface area contributed by atoms with Crippen molar-refractivity contribution in [2.75, 3.05) is 12.0 Å². The van der Waals surface area contributed by atoms with Crippen molar-refractivity contribution in [2.45, 2.75) is 16.7 Å². The average Bonchev–Trinajstić information content (AvgIpc) is 2.97. The molecule has 0 bridgehead atoms. The highest BCUT2D eigenvalue weighted by atomic mass is 32.2. The smallest absolute Gasteiger partial charge is 0.249 e. The normalized spacial score (nSPS) is 12.6. The number of nitrogens with zero attached hydrogens (tertiary/aromatic N) is 3. The van der Waals surface area contributed by atoms with Gasteiger partial charge in [0.15, 0.2) is 19.7 Å². The van der Waals surface area contributed by atoms with E-state index in [1.807, 2.05) is 0 Å². The Balaban J connectivity index is 2.22. The van der Waals surface area contributed by atoms with Gasteiger partial charge in [-0.15, -0.1) is 0 Å². The first kappa shape index (κ1) is 16.5. The molecule has 0 aromatic carbocycles. The van der Waals surface area contributed by atoms with Crippen molar-refractivity contribution < 1.29 is 21.3 Å². The van der Waals surface area contributed by atoms with Crippen LogP contribution < -0.4 is 0 Å². The molecule has 3 rings (SSSR count). The van der Waals surface area contributed by atoms with Crippen LogP contribution in [-0.2, 0) is 19.7 Å². The number of hydrogen-bond donors (Lipinski definition) is 0. The van der Waals surface area contributed by atoms with E-state index in [0.29, 0.717) is 0 Å². The maximum absolute atomic E-state index is 12.2. The first-order valence-corrected chi connectivity index (χ1v) is 10.4. The van der Waals surface area contributed by atoms with E-state index in [9.17, 15) is 16.8 Å². The van der Waals surface area contributed by atoms with Gasteiger partial charge in [-0.3, -0.25) is 0 Å². The van der Waals surface area contributed by atoms with E-state index in [-0.39, 0.29) is 38.4 Å². The van der Waals surface area contributed by atoms with Gasteiger partial charge in [0.1, 0.15) is 11.2 Å². The molecule has 0 saturated carbocycles. The van der Waals surface area contributed by atoms with Gasteiger partial charge in [0.25, 0.3) is 0 Å². The predicted molar refractivity (Wildman–Crippen MR) is 85.9 cm³/mol. The lowest BCUT2D eigenvalue weighted by Crippen LogP contribution is -2.06. The fraction of sp³-hybridized carbons (Fsp3) is 0.214. The lowest BCUT2D eigenvalue weighted by atomic mass is 10.3. The van der Waals surface area contributed by atoms with E-state index < -0.39 is 19.7 Å². The Morgan fingerprint density at radius 2 is 1.92 bits per heavy atom. The molecule has 0 radical (unpaired) electrons. The summed E-state index contributed by atoms with van der Waals surface area (Å²) in [5.41, 5.74) is 0.375. The van der Waals surface area contributed by atoms with E-state index in [1.54, 1.807) is 0 Å². The molecule has 0 fully saturated rings. The molecule has 0 saturated heterocycles. The van der Waals surface area contributed by atoms with Crippen molar-refractivity contribution in [3.8, 4) is 11.6 Å². The number of fused-ring (bicyclic) bond motifs is 1. The molecule has 0 aliphatic carbocycles. The summed E-state index contributed by atoms with van der Waals surface area (Å²) < 4.78 is 53.0. The molecule has 3 aromatic rings. The third kappa shape index (κ3) is 2.89. The number of oxazole rings is 1. The second kappa shape index (κ2) is 5.64. The number of pyridine rings is 2. The Hall–Kier alpha value is -2.33. The summed E-state index contributed by atoms with van der Waals surface area (Å²) in [6.45, 7) is 1.53. The summed E-state index contributed by atoms with van der Waals surface area (Å²) in [7, 11) is -6.97. The number of rotatable bonds is 4. The topological polar surface area (TPSA) is 120 Å². The molecule has 3 heterocycles. The minimum atomic E-state index is -3.52. The highest BCUT2D eigenvalue weighted by molar-refractivity contribution is 7.91. The molecule has 8 nitrogen and oxygen atoms in total. The zero-order valence-electron chi connectivity index (χ0n) is 12.8. The molecule has 24 heavy (non-hydrogen) atoms. The molecule has 0 amide bonds. The van der Waals surface area contributed by atoms with Gasteiger partial charge in [0, 0.05) is 18.6 Å². The van der Waals surface area contributed by atoms with Crippen molar-refractivity contribution in [2.24, 2.45) is 0 Å². The third-order valence-corrected chi connectivity index (χ3v) is 6.18. The maximum Gasteiger partial charge on any atom is 0.249 e. The Bertz CT molecular complexity index is 1130. The van der Waals surface area contributed by atoms with Crippen LogP contribution in [0, 0.1) is 0 Å². The highest BCUT2D eigenvalue weighted by Crippen LogP contribution is 2.28. The first-order chi connectivity index (χ1) is 11.2. The van der Waals surface area contributed by atoms with Crippen LogP contribution in [0.4, 0.5) is 0 Å². The largest absolute Gasteiger partial charge is 0.416 e. The van der Waals surface area contributed by atoms with Crippen molar-refractivity contribution >= 4 is 30.9 Å². The van der Waals surface area contributed by atoms with Gasteiger partial charge in [0.2, 0.25) is 11.6 Å². The van der Waals surface area contributed by atoms with Gasteiger partial charge in [0.05, 0.1) is 15.5 Å². The summed E-state index contributed by atoms with van der Waals surface area (Å²) >= 11 is 0. The minimum Gasteiger partial charge on any atom is -0.416 e. The molecule has 126 valence electrons. The Morgan fingerprint density at radius 1 is 1.17 bits per heavy atom. The molecule has 0 spiro atoms. The van der Waals surface area contributed by atoms with Crippen molar-refractivity contribution in [3.63, 3.8) is 0 Å². The molecular formula is C14H13N3O5S2. The van der Waals surface area contributed by atoms with Crippen LogP contribution in [0.15, 0.2) is 44.8 Å². The number of sulfone groups is 2. The van der Waals surface area contributed by atoms with Gasteiger partial charge in [-0.25, -0.2) is 31.8 Å². The minimum absolute atomic E-state index is 0.00222. The lowest BCUT2D eigenvalue weighted by Gasteiger charge is -2.04.